The molecule has 3 aliphatic heterocycles. The van der Waals surface area contributed by atoms with Crippen molar-refractivity contribution in [2.75, 3.05) is 34.5 Å². The van der Waals surface area contributed by atoms with Gasteiger partial charge in [-0.15, -0.1) is 0 Å². The van der Waals surface area contributed by atoms with Crippen molar-refractivity contribution in [1.82, 2.24) is 4.90 Å². The molecule has 1 saturated carbocycles. The fraction of sp³-hybridized carbons (Fsp3) is 0.692. The Kier molecular flexibility index (Phi) is 19.6. The molecule has 2 saturated heterocycles. The summed E-state index contributed by atoms with van der Waals surface area (Å²) in [5, 5.41) is 23.9. The van der Waals surface area contributed by atoms with Gasteiger partial charge in [0.25, 0.3) is 11.7 Å². The van der Waals surface area contributed by atoms with Crippen molar-refractivity contribution >= 4 is 23.4 Å². The number of esters is 1. The molecule has 14 atom stereocenters. The average molecular weight is 906 g/mol. The first-order valence-corrected chi connectivity index (χ1v) is 23.8. The SMILES string of the molecule is CCC1/C=C(\C)CC(C)CC(OC)C2OC(O)(C(=O)C(=O)N3CCCCC3C(=O)OC(C(C)=CC3CCC(OCC#Cc4ccccc4)C(OC)C3)C(C)C(O)CC1=O)C(C)CC2OC. The zero-order chi connectivity index (χ0) is 47.4. The van der Waals surface area contributed by atoms with E-state index in [1.54, 1.807) is 21.0 Å². The molecule has 1 aromatic carbocycles. The van der Waals surface area contributed by atoms with Gasteiger partial charge in [0.1, 0.15) is 30.6 Å². The number of ether oxygens (including phenoxy) is 6. The van der Waals surface area contributed by atoms with Gasteiger partial charge >= 0.3 is 5.97 Å². The number of methoxy groups -OCH3 is 3. The lowest BCUT2D eigenvalue weighted by Crippen LogP contribution is -2.64. The molecule has 14 unspecified atom stereocenters. The normalized spacial score (nSPS) is 37.2. The summed E-state index contributed by atoms with van der Waals surface area (Å²) in [7, 11) is 4.74. The molecule has 65 heavy (non-hydrogen) atoms. The van der Waals surface area contributed by atoms with Crippen LogP contribution in [0.3, 0.4) is 0 Å². The van der Waals surface area contributed by atoms with Crippen LogP contribution in [0.5, 0.6) is 0 Å². The van der Waals surface area contributed by atoms with E-state index >= 15 is 0 Å². The molecule has 3 fully saturated rings. The molecule has 2 N–H and O–H groups in total. The van der Waals surface area contributed by atoms with E-state index < -0.39 is 77.8 Å². The minimum Gasteiger partial charge on any atom is -0.456 e. The monoisotopic (exact) mass is 906 g/mol. The van der Waals surface area contributed by atoms with E-state index in [-0.39, 0.29) is 62.2 Å². The lowest BCUT2D eigenvalue weighted by molar-refractivity contribution is -0.302. The second-order valence-corrected chi connectivity index (χ2v) is 19.1. The molecule has 13 nitrogen and oxygen atoms in total. The number of carbonyl (C=O) groups excluding carboxylic acids is 4. The van der Waals surface area contributed by atoms with E-state index in [1.165, 1.54) is 19.1 Å². The standard InChI is InChI=1S/C52H75NO12/c1-10-39-26-32(2)25-33(3)27-45(61-8)48-46(62-9)29-35(5)52(59,65-48)49(56)50(57)53-23-15-14-20-40(53)51(58)64-47(36(6)41(54)31-42(39)55)34(4)28-38-21-22-43(44(30-38)60-7)63-24-16-19-37-17-12-11-13-18-37/h11-13,17-18,26,28,33,35-36,38-41,43-48,54,59H,10,14-15,20-25,27,29-31H2,1-9H3/b32-26+,34-28?. The van der Waals surface area contributed by atoms with Crippen molar-refractivity contribution in [2.24, 2.45) is 29.6 Å². The van der Waals surface area contributed by atoms with Crippen molar-refractivity contribution in [2.45, 2.75) is 167 Å². The van der Waals surface area contributed by atoms with Gasteiger partial charge in [-0.1, -0.05) is 75.5 Å². The molecule has 2 bridgehead atoms. The van der Waals surface area contributed by atoms with Crippen molar-refractivity contribution < 1.29 is 57.8 Å². The highest BCUT2D eigenvalue weighted by atomic mass is 16.7. The predicted molar refractivity (Wildman–Crippen MR) is 245 cm³/mol. The van der Waals surface area contributed by atoms with E-state index in [0.29, 0.717) is 50.5 Å². The summed E-state index contributed by atoms with van der Waals surface area (Å²) in [6.45, 7) is 11.6. The average Bonchev–Trinajstić information content (AvgIpc) is 3.30. The van der Waals surface area contributed by atoms with Crippen LogP contribution in [0.25, 0.3) is 0 Å². The topological polar surface area (TPSA) is 167 Å². The second kappa shape index (κ2) is 24.3. The predicted octanol–water partition coefficient (Wildman–Crippen LogP) is 6.55. The number of hydrogen-bond donors (Lipinski definition) is 2. The number of cyclic esters (lactones) is 1. The summed E-state index contributed by atoms with van der Waals surface area (Å²) < 4.78 is 36.5. The molecule has 0 spiro atoms. The Hall–Kier alpha value is -3.74. The summed E-state index contributed by atoms with van der Waals surface area (Å²) in [5.74, 6) is -1.26. The van der Waals surface area contributed by atoms with Gasteiger partial charge in [0, 0.05) is 57.6 Å². The summed E-state index contributed by atoms with van der Waals surface area (Å²) in [5.41, 5.74) is 2.60. The number of hydrogen-bond acceptors (Lipinski definition) is 12. The fourth-order valence-corrected chi connectivity index (χ4v) is 10.4. The van der Waals surface area contributed by atoms with E-state index in [9.17, 15) is 29.4 Å². The first-order valence-electron chi connectivity index (χ1n) is 23.8. The molecule has 5 rings (SSSR count). The van der Waals surface area contributed by atoms with E-state index in [1.807, 2.05) is 57.2 Å². The van der Waals surface area contributed by atoms with Crippen molar-refractivity contribution in [3.05, 3.63) is 59.2 Å². The maximum atomic E-state index is 14.5. The Morgan fingerprint density at radius 2 is 1.60 bits per heavy atom. The highest BCUT2D eigenvalue weighted by Gasteiger charge is 2.56. The number of benzene rings is 1. The van der Waals surface area contributed by atoms with Crippen molar-refractivity contribution in [1.29, 1.82) is 0 Å². The van der Waals surface area contributed by atoms with Crippen LogP contribution in [0.4, 0.5) is 0 Å². The number of piperidine rings is 1. The summed E-state index contributed by atoms with van der Waals surface area (Å²) in [6, 6.07) is 8.59. The van der Waals surface area contributed by atoms with Crippen molar-refractivity contribution in [3.8, 4) is 11.8 Å². The third-order valence-electron chi connectivity index (χ3n) is 14.2. The van der Waals surface area contributed by atoms with E-state index in [2.05, 4.69) is 24.8 Å². The third kappa shape index (κ3) is 13.2. The van der Waals surface area contributed by atoms with Gasteiger partial charge in [-0.3, -0.25) is 14.4 Å². The molecule has 1 amide bonds. The van der Waals surface area contributed by atoms with Gasteiger partial charge in [-0.25, -0.2) is 4.79 Å². The molecule has 0 aromatic heterocycles. The number of Topliss-reactive ketones (excluding diaryl/α,β-unsaturated/α-hetero) is 2. The maximum absolute atomic E-state index is 14.5. The van der Waals surface area contributed by atoms with Gasteiger partial charge in [0.05, 0.1) is 30.5 Å². The number of rotatable bonds is 8. The quantitative estimate of drug-likeness (QED) is 0.125. The lowest BCUT2D eigenvalue weighted by Gasteiger charge is -2.47. The highest BCUT2D eigenvalue weighted by molar-refractivity contribution is 6.39. The lowest BCUT2D eigenvalue weighted by atomic mass is 9.81. The van der Waals surface area contributed by atoms with Gasteiger partial charge < -0.3 is 43.5 Å². The van der Waals surface area contributed by atoms with Gasteiger partial charge in [-0.2, -0.15) is 0 Å². The molecule has 0 radical (unpaired) electrons. The number of fused-ring (bicyclic) bond motifs is 3. The van der Waals surface area contributed by atoms with Crippen LogP contribution in [-0.4, -0.2) is 128 Å². The Labute approximate surface area is 386 Å². The molecular formula is C52H75NO12. The smallest absolute Gasteiger partial charge is 0.329 e. The molecule has 1 aliphatic carbocycles. The van der Waals surface area contributed by atoms with Gasteiger partial charge in [0.15, 0.2) is 0 Å². The summed E-state index contributed by atoms with van der Waals surface area (Å²) >= 11 is 0. The van der Waals surface area contributed by atoms with Crippen LogP contribution in [0.15, 0.2) is 53.6 Å². The van der Waals surface area contributed by atoms with E-state index in [4.69, 9.17) is 28.4 Å². The number of ketones is 2. The van der Waals surface area contributed by atoms with Crippen LogP contribution in [-0.2, 0) is 47.6 Å². The van der Waals surface area contributed by atoms with Gasteiger partial charge in [0.2, 0.25) is 5.79 Å². The van der Waals surface area contributed by atoms with Crippen LogP contribution < -0.4 is 0 Å². The number of carbonyl (C=O) groups is 4. The first-order chi connectivity index (χ1) is 31.0. The number of nitrogens with zero attached hydrogens (tertiary/aromatic N) is 1. The largest absolute Gasteiger partial charge is 0.456 e. The maximum Gasteiger partial charge on any atom is 0.329 e. The molecule has 1 aromatic rings. The minimum absolute atomic E-state index is 0.0211. The van der Waals surface area contributed by atoms with Crippen LogP contribution >= 0.6 is 0 Å². The third-order valence-corrected chi connectivity index (χ3v) is 14.2. The molecule has 360 valence electrons. The number of aliphatic hydroxyl groups is 2. The zero-order valence-corrected chi connectivity index (χ0v) is 40.2. The van der Waals surface area contributed by atoms with Crippen LogP contribution in [0.1, 0.15) is 118 Å². The van der Waals surface area contributed by atoms with Crippen LogP contribution in [0, 0.1) is 41.4 Å². The Morgan fingerprint density at radius 1 is 0.908 bits per heavy atom. The summed E-state index contributed by atoms with van der Waals surface area (Å²) in [6.07, 6.45) is 4.66. The van der Waals surface area contributed by atoms with E-state index in [0.717, 1.165) is 17.6 Å². The fourth-order valence-electron chi connectivity index (χ4n) is 10.4. The minimum atomic E-state index is -2.51. The molecule has 4 aliphatic rings. The number of aliphatic hydroxyl groups excluding tert-OH is 1. The Balaban J connectivity index is 1.45. The van der Waals surface area contributed by atoms with Crippen molar-refractivity contribution in [3.63, 3.8) is 0 Å². The molecular weight excluding hydrogens is 831 g/mol. The zero-order valence-electron chi connectivity index (χ0n) is 40.2. The highest BCUT2D eigenvalue weighted by Crippen LogP contribution is 2.39. The number of allylic oxidation sites excluding steroid dienone is 3. The Bertz CT molecular complexity index is 1890. The number of amides is 1. The molecule has 3 heterocycles. The molecule has 13 heteroatoms. The Morgan fingerprint density at radius 3 is 2.28 bits per heavy atom. The first kappa shape index (κ1) is 52.2. The van der Waals surface area contributed by atoms with Gasteiger partial charge in [-0.05, 0) is 108 Å². The second-order valence-electron chi connectivity index (χ2n) is 19.1. The van der Waals surface area contributed by atoms with Crippen LogP contribution in [0.2, 0.25) is 0 Å². The summed E-state index contributed by atoms with van der Waals surface area (Å²) in [4.78, 5) is 58.3.